The predicted octanol–water partition coefficient (Wildman–Crippen LogP) is 1.35. The summed E-state index contributed by atoms with van der Waals surface area (Å²) in [6.45, 7) is 5.97. The summed E-state index contributed by atoms with van der Waals surface area (Å²) in [6.07, 6.45) is 0. The number of nitrogens with one attached hydrogen (secondary N) is 1. The Morgan fingerprint density at radius 3 is 2.42 bits per heavy atom. The molecule has 1 aromatic heterocycles. The fourth-order valence-corrected chi connectivity index (χ4v) is 0.988. The van der Waals surface area contributed by atoms with E-state index in [9.17, 15) is 0 Å². The largest absolute Gasteiger partial charge is 0.372 e. The van der Waals surface area contributed by atoms with Gasteiger partial charge in [0.2, 0.25) is 0 Å². The molecule has 0 spiro atoms. The Balaban J connectivity index is 3.11. The highest BCUT2D eigenvalue weighted by atomic mass is 15.2. The number of nitrogens with zero attached hydrogens (tertiary/aromatic N) is 3. The first-order valence-electron chi connectivity index (χ1n) is 4.04. The Morgan fingerprint density at radius 1 is 1.25 bits per heavy atom. The van der Waals surface area contributed by atoms with Crippen molar-refractivity contribution in [1.29, 1.82) is 0 Å². The van der Waals surface area contributed by atoms with Crippen molar-refractivity contribution in [3.63, 3.8) is 0 Å². The average Bonchev–Trinajstić information content (AvgIpc) is 2.03. The van der Waals surface area contributed by atoms with E-state index in [4.69, 9.17) is 0 Å². The minimum atomic E-state index is 0.355. The van der Waals surface area contributed by atoms with Crippen LogP contribution < -0.4 is 5.32 Å². The van der Waals surface area contributed by atoms with Crippen LogP contribution in [-0.2, 0) is 0 Å². The molecule has 1 rings (SSSR count). The van der Waals surface area contributed by atoms with E-state index < -0.39 is 0 Å². The predicted molar refractivity (Wildman–Crippen MR) is 48.2 cm³/mol. The van der Waals surface area contributed by atoms with Crippen LogP contribution in [0.5, 0.6) is 0 Å². The van der Waals surface area contributed by atoms with E-state index in [0.29, 0.717) is 11.7 Å². The second-order valence-corrected chi connectivity index (χ2v) is 3.00. The lowest BCUT2D eigenvalue weighted by atomic mass is 10.1. The summed E-state index contributed by atoms with van der Waals surface area (Å²) in [4.78, 5) is 4.23. The van der Waals surface area contributed by atoms with Gasteiger partial charge in [0.05, 0.1) is 0 Å². The van der Waals surface area contributed by atoms with Gasteiger partial charge in [0.15, 0.2) is 5.82 Å². The van der Waals surface area contributed by atoms with Crippen molar-refractivity contribution < 1.29 is 0 Å². The van der Waals surface area contributed by atoms with Crippen LogP contribution in [-0.4, -0.2) is 22.2 Å². The normalized spacial score (nSPS) is 10.4. The number of hydrogen-bond acceptors (Lipinski definition) is 4. The monoisotopic (exact) mass is 166 g/mol. The van der Waals surface area contributed by atoms with Crippen LogP contribution in [0, 0.1) is 6.92 Å². The first-order chi connectivity index (χ1) is 5.65. The van der Waals surface area contributed by atoms with Crippen LogP contribution in [0.1, 0.15) is 31.3 Å². The van der Waals surface area contributed by atoms with Crippen LogP contribution >= 0.6 is 0 Å². The van der Waals surface area contributed by atoms with Gasteiger partial charge in [-0.25, -0.2) is 4.98 Å². The second kappa shape index (κ2) is 3.47. The molecule has 0 radical (unpaired) electrons. The zero-order valence-electron chi connectivity index (χ0n) is 7.92. The maximum Gasteiger partial charge on any atom is 0.151 e. The van der Waals surface area contributed by atoms with Gasteiger partial charge in [0.25, 0.3) is 0 Å². The van der Waals surface area contributed by atoms with E-state index in [-0.39, 0.29) is 0 Å². The molecule has 0 aliphatic carbocycles. The van der Waals surface area contributed by atoms with E-state index in [0.717, 1.165) is 11.5 Å². The fraction of sp³-hybridized carbons (Fsp3) is 0.625. The molecule has 4 nitrogen and oxygen atoms in total. The molecule has 4 heteroatoms. The number of anilines is 1. The van der Waals surface area contributed by atoms with Gasteiger partial charge in [0.1, 0.15) is 11.5 Å². The molecule has 0 aliphatic rings. The van der Waals surface area contributed by atoms with Crippen LogP contribution in [0.15, 0.2) is 0 Å². The Morgan fingerprint density at radius 2 is 1.92 bits per heavy atom. The molecule has 0 atom stereocenters. The molecule has 0 aromatic carbocycles. The van der Waals surface area contributed by atoms with Gasteiger partial charge in [-0.05, 0) is 6.92 Å². The quantitative estimate of drug-likeness (QED) is 0.720. The molecular weight excluding hydrogens is 152 g/mol. The minimum absolute atomic E-state index is 0.355. The van der Waals surface area contributed by atoms with Crippen molar-refractivity contribution in [2.24, 2.45) is 0 Å². The molecule has 0 bridgehead atoms. The lowest BCUT2D eigenvalue weighted by Gasteiger charge is -2.08. The van der Waals surface area contributed by atoms with Crippen LogP contribution in [0.4, 0.5) is 5.82 Å². The summed E-state index contributed by atoms with van der Waals surface area (Å²) in [5.74, 6) is 1.88. The molecule has 12 heavy (non-hydrogen) atoms. The van der Waals surface area contributed by atoms with Crippen molar-refractivity contribution >= 4 is 5.82 Å². The second-order valence-electron chi connectivity index (χ2n) is 3.00. The smallest absolute Gasteiger partial charge is 0.151 e. The SMILES string of the molecule is CNc1nc(C)nnc1C(C)C. The summed E-state index contributed by atoms with van der Waals surface area (Å²) >= 11 is 0. The van der Waals surface area contributed by atoms with Gasteiger partial charge in [-0.15, -0.1) is 10.2 Å². The maximum atomic E-state index is 4.23. The Hall–Kier alpha value is -1.19. The molecule has 1 N–H and O–H groups in total. The molecule has 0 aliphatic heterocycles. The third-order valence-electron chi connectivity index (χ3n) is 1.60. The lowest BCUT2D eigenvalue weighted by Crippen LogP contribution is -2.06. The van der Waals surface area contributed by atoms with Gasteiger partial charge in [-0.1, -0.05) is 13.8 Å². The molecule has 0 saturated heterocycles. The van der Waals surface area contributed by atoms with E-state index in [2.05, 4.69) is 34.3 Å². The highest BCUT2D eigenvalue weighted by Crippen LogP contribution is 2.17. The van der Waals surface area contributed by atoms with Gasteiger partial charge in [-0.3, -0.25) is 0 Å². The van der Waals surface area contributed by atoms with Gasteiger partial charge in [-0.2, -0.15) is 0 Å². The molecule has 0 saturated carbocycles. The Labute approximate surface area is 72.4 Å². The van der Waals surface area contributed by atoms with Crippen molar-refractivity contribution in [1.82, 2.24) is 15.2 Å². The zero-order valence-corrected chi connectivity index (χ0v) is 7.92. The van der Waals surface area contributed by atoms with Crippen molar-refractivity contribution in [2.75, 3.05) is 12.4 Å². The molecular formula is C8H14N4. The molecule has 1 aromatic rings. The molecule has 66 valence electrons. The van der Waals surface area contributed by atoms with Crippen LogP contribution in [0.3, 0.4) is 0 Å². The van der Waals surface area contributed by atoms with Gasteiger partial charge >= 0.3 is 0 Å². The van der Waals surface area contributed by atoms with Crippen LogP contribution in [0.25, 0.3) is 0 Å². The Bertz CT molecular complexity index is 270. The third-order valence-corrected chi connectivity index (χ3v) is 1.60. The van der Waals surface area contributed by atoms with Crippen LogP contribution in [0.2, 0.25) is 0 Å². The Kier molecular flexibility index (Phi) is 2.58. The van der Waals surface area contributed by atoms with E-state index in [1.165, 1.54) is 0 Å². The summed E-state index contributed by atoms with van der Waals surface area (Å²) in [5.41, 5.74) is 0.920. The average molecular weight is 166 g/mol. The number of hydrogen-bond donors (Lipinski definition) is 1. The van der Waals surface area contributed by atoms with E-state index >= 15 is 0 Å². The molecule has 0 unspecified atom stereocenters. The van der Waals surface area contributed by atoms with Crippen molar-refractivity contribution in [3.05, 3.63) is 11.5 Å². The van der Waals surface area contributed by atoms with Gasteiger partial charge in [0, 0.05) is 13.0 Å². The van der Waals surface area contributed by atoms with E-state index in [1.54, 1.807) is 0 Å². The summed E-state index contributed by atoms with van der Waals surface area (Å²) in [6, 6.07) is 0. The minimum Gasteiger partial charge on any atom is -0.372 e. The number of aryl methyl sites for hydroxylation is 1. The number of aromatic nitrogens is 3. The maximum absolute atomic E-state index is 4.23. The fourth-order valence-electron chi connectivity index (χ4n) is 0.988. The molecule has 1 heterocycles. The summed E-state index contributed by atoms with van der Waals surface area (Å²) < 4.78 is 0. The molecule has 0 amide bonds. The summed E-state index contributed by atoms with van der Waals surface area (Å²) in [5, 5.41) is 11.0. The third kappa shape index (κ3) is 1.69. The zero-order chi connectivity index (χ0) is 9.14. The number of rotatable bonds is 2. The highest BCUT2D eigenvalue weighted by Gasteiger charge is 2.08. The van der Waals surface area contributed by atoms with Gasteiger partial charge < -0.3 is 5.32 Å². The topological polar surface area (TPSA) is 50.7 Å². The van der Waals surface area contributed by atoms with E-state index in [1.807, 2.05) is 14.0 Å². The first-order valence-corrected chi connectivity index (χ1v) is 4.04. The standard InChI is InChI=1S/C8H14N4/c1-5(2)7-8(9-4)10-6(3)11-12-7/h5H,1-4H3,(H,9,10,11). The summed E-state index contributed by atoms with van der Waals surface area (Å²) in [7, 11) is 1.84. The highest BCUT2D eigenvalue weighted by molar-refractivity contribution is 5.40. The first kappa shape index (κ1) is 8.90. The molecule has 0 fully saturated rings. The van der Waals surface area contributed by atoms with Crippen molar-refractivity contribution in [3.8, 4) is 0 Å². The van der Waals surface area contributed by atoms with Crippen molar-refractivity contribution in [2.45, 2.75) is 26.7 Å². The lowest BCUT2D eigenvalue weighted by molar-refractivity contribution is 0.757.